The van der Waals surface area contributed by atoms with Crippen molar-refractivity contribution in [1.82, 2.24) is 9.80 Å². The van der Waals surface area contributed by atoms with Crippen LogP contribution >= 0.6 is 0 Å². The molecule has 1 aliphatic carbocycles. The zero-order valence-corrected chi connectivity index (χ0v) is 15.4. The molecule has 0 bridgehead atoms. The molecule has 27 heavy (non-hydrogen) atoms. The van der Waals surface area contributed by atoms with Gasteiger partial charge in [-0.2, -0.15) is 0 Å². The number of benzene rings is 2. The van der Waals surface area contributed by atoms with Crippen LogP contribution in [0, 0.1) is 23.5 Å². The van der Waals surface area contributed by atoms with E-state index in [1.54, 1.807) is 24.1 Å². The van der Waals surface area contributed by atoms with Crippen molar-refractivity contribution in [2.45, 2.75) is 12.3 Å². The van der Waals surface area contributed by atoms with Gasteiger partial charge in [0.05, 0.1) is 0 Å². The number of amides is 1. The van der Waals surface area contributed by atoms with Gasteiger partial charge >= 0.3 is 0 Å². The third-order valence-electron chi connectivity index (χ3n) is 6.13. The van der Waals surface area contributed by atoms with Gasteiger partial charge in [-0.05, 0) is 66.1 Å². The zero-order chi connectivity index (χ0) is 19.0. The third kappa shape index (κ3) is 3.74. The molecular weight excluding hydrogens is 346 g/mol. The van der Waals surface area contributed by atoms with Crippen LogP contribution in [0.5, 0.6) is 0 Å². The topological polar surface area (TPSA) is 23.6 Å². The first-order valence-electron chi connectivity index (χ1n) is 9.50. The Morgan fingerprint density at radius 2 is 1.67 bits per heavy atom. The zero-order valence-electron chi connectivity index (χ0n) is 15.4. The summed E-state index contributed by atoms with van der Waals surface area (Å²) in [7, 11) is 1.79. The molecule has 4 rings (SSSR count). The van der Waals surface area contributed by atoms with Gasteiger partial charge in [0.1, 0.15) is 11.6 Å². The minimum absolute atomic E-state index is 0.0821. The fraction of sp³-hybridized carbons (Fsp3) is 0.409. The van der Waals surface area contributed by atoms with E-state index in [0.29, 0.717) is 29.9 Å². The van der Waals surface area contributed by atoms with Gasteiger partial charge in [0.25, 0.3) is 5.91 Å². The number of hydrogen-bond acceptors (Lipinski definition) is 2. The lowest BCUT2D eigenvalue weighted by atomic mass is 9.64. The van der Waals surface area contributed by atoms with Crippen LogP contribution in [0.3, 0.4) is 0 Å². The Balaban J connectivity index is 1.28. The van der Waals surface area contributed by atoms with E-state index in [1.165, 1.54) is 29.8 Å². The van der Waals surface area contributed by atoms with Gasteiger partial charge in [-0.15, -0.1) is 0 Å². The molecular formula is C22H24F2N2O. The summed E-state index contributed by atoms with van der Waals surface area (Å²) < 4.78 is 26.1. The fourth-order valence-corrected chi connectivity index (χ4v) is 4.48. The predicted molar refractivity (Wildman–Crippen MR) is 101 cm³/mol. The maximum atomic E-state index is 13.1. The molecule has 1 aliphatic heterocycles. The Morgan fingerprint density at radius 1 is 1.04 bits per heavy atom. The molecule has 2 fully saturated rings. The monoisotopic (exact) mass is 370 g/mol. The van der Waals surface area contributed by atoms with E-state index in [9.17, 15) is 13.6 Å². The fourth-order valence-electron chi connectivity index (χ4n) is 4.48. The van der Waals surface area contributed by atoms with Crippen molar-refractivity contribution in [2.24, 2.45) is 11.8 Å². The lowest BCUT2D eigenvalue weighted by Gasteiger charge is -2.40. The van der Waals surface area contributed by atoms with Crippen LogP contribution < -0.4 is 0 Å². The van der Waals surface area contributed by atoms with Crippen LogP contribution in [0.1, 0.15) is 28.3 Å². The highest BCUT2D eigenvalue weighted by Gasteiger charge is 2.47. The Labute approximate surface area is 158 Å². The molecule has 3 atom stereocenters. The molecule has 2 aromatic carbocycles. The van der Waals surface area contributed by atoms with E-state index in [4.69, 9.17) is 0 Å². The first-order chi connectivity index (χ1) is 13.0. The largest absolute Gasteiger partial charge is 0.340 e. The molecule has 2 aromatic rings. The molecule has 5 heteroatoms. The number of carbonyl (C=O) groups excluding carboxylic acids is 1. The lowest BCUT2D eigenvalue weighted by molar-refractivity contribution is 0.0781. The van der Waals surface area contributed by atoms with Crippen LogP contribution in [0.4, 0.5) is 8.78 Å². The number of rotatable bonds is 5. The molecule has 2 aliphatic rings. The average Bonchev–Trinajstić information content (AvgIpc) is 2.98. The van der Waals surface area contributed by atoms with E-state index in [1.807, 2.05) is 12.1 Å². The minimum atomic E-state index is -0.336. The number of carbonyl (C=O) groups is 1. The van der Waals surface area contributed by atoms with Gasteiger partial charge in [0.2, 0.25) is 0 Å². The number of likely N-dealkylation sites (tertiary alicyclic amines) is 1. The average molecular weight is 370 g/mol. The summed E-state index contributed by atoms with van der Waals surface area (Å²) in [6.45, 7) is 3.59. The maximum absolute atomic E-state index is 13.1. The van der Waals surface area contributed by atoms with Crippen molar-refractivity contribution in [3.8, 4) is 0 Å². The second-order valence-electron chi connectivity index (χ2n) is 7.81. The van der Waals surface area contributed by atoms with Gasteiger partial charge in [-0.25, -0.2) is 8.78 Å². The van der Waals surface area contributed by atoms with Crippen LogP contribution in [-0.4, -0.2) is 48.9 Å². The third-order valence-corrected chi connectivity index (χ3v) is 6.13. The quantitative estimate of drug-likeness (QED) is 0.800. The normalized spacial score (nSPS) is 24.3. The van der Waals surface area contributed by atoms with Crippen LogP contribution in [0.25, 0.3) is 0 Å². The molecule has 3 nitrogen and oxygen atoms in total. The first kappa shape index (κ1) is 18.1. The van der Waals surface area contributed by atoms with Gasteiger partial charge < -0.3 is 9.80 Å². The van der Waals surface area contributed by atoms with E-state index in [-0.39, 0.29) is 17.5 Å². The molecule has 1 heterocycles. The molecule has 1 amide bonds. The maximum Gasteiger partial charge on any atom is 0.253 e. The second-order valence-corrected chi connectivity index (χ2v) is 7.81. The number of hydrogen-bond donors (Lipinski definition) is 0. The first-order valence-corrected chi connectivity index (χ1v) is 9.50. The van der Waals surface area contributed by atoms with Gasteiger partial charge in [0, 0.05) is 38.8 Å². The minimum Gasteiger partial charge on any atom is -0.340 e. The summed E-state index contributed by atoms with van der Waals surface area (Å²) in [5.41, 5.74) is 1.75. The van der Waals surface area contributed by atoms with E-state index >= 15 is 0 Å². The number of likely N-dealkylation sites (N-methyl/N-ethyl adjacent to an activating group) is 1. The van der Waals surface area contributed by atoms with Crippen molar-refractivity contribution in [3.05, 3.63) is 71.3 Å². The van der Waals surface area contributed by atoms with Crippen molar-refractivity contribution in [2.75, 3.05) is 33.2 Å². The molecule has 1 saturated heterocycles. The highest BCUT2D eigenvalue weighted by Crippen LogP contribution is 2.51. The summed E-state index contributed by atoms with van der Waals surface area (Å²) in [5, 5.41) is 0. The SMILES string of the molecule is CN(CCN1CC2CC(c3ccc(F)cc3)C2C1)C(=O)c1ccc(F)cc1. The summed E-state index contributed by atoms with van der Waals surface area (Å²) in [6, 6.07) is 12.6. The molecule has 1 saturated carbocycles. The smallest absolute Gasteiger partial charge is 0.253 e. The van der Waals surface area contributed by atoms with Crippen LogP contribution in [-0.2, 0) is 0 Å². The van der Waals surface area contributed by atoms with Crippen LogP contribution in [0.2, 0.25) is 0 Å². The highest BCUT2D eigenvalue weighted by molar-refractivity contribution is 5.94. The van der Waals surface area contributed by atoms with E-state index < -0.39 is 0 Å². The predicted octanol–water partition coefficient (Wildman–Crippen LogP) is 3.77. The number of halogens is 2. The Kier molecular flexibility index (Phi) is 4.96. The van der Waals surface area contributed by atoms with E-state index in [0.717, 1.165) is 26.1 Å². The molecule has 0 radical (unpaired) electrons. The second kappa shape index (κ2) is 7.39. The molecule has 0 spiro atoms. The van der Waals surface area contributed by atoms with Gasteiger partial charge in [-0.1, -0.05) is 12.1 Å². The standard InChI is InChI=1S/C22H24F2N2O/c1-25(22(27)16-4-8-19(24)9-5-16)10-11-26-13-17-12-20(21(17)14-26)15-2-6-18(23)7-3-15/h2-9,17,20-21H,10-14H2,1H3. The Morgan fingerprint density at radius 3 is 2.33 bits per heavy atom. The summed E-state index contributed by atoms with van der Waals surface area (Å²) >= 11 is 0. The highest BCUT2D eigenvalue weighted by atomic mass is 19.1. The van der Waals surface area contributed by atoms with Gasteiger partial charge in [-0.3, -0.25) is 4.79 Å². The van der Waals surface area contributed by atoms with Crippen molar-refractivity contribution in [3.63, 3.8) is 0 Å². The summed E-state index contributed by atoms with van der Waals surface area (Å²) in [6.07, 6.45) is 1.16. The summed E-state index contributed by atoms with van der Waals surface area (Å²) in [4.78, 5) is 16.5. The van der Waals surface area contributed by atoms with Crippen molar-refractivity contribution >= 4 is 5.91 Å². The summed E-state index contributed by atoms with van der Waals surface area (Å²) in [5.74, 6) is 1.27. The van der Waals surface area contributed by atoms with Gasteiger partial charge in [0.15, 0.2) is 0 Å². The molecule has 142 valence electrons. The number of fused-ring (bicyclic) bond motifs is 1. The van der Waals surface area contributed by atoms with Crippen LogP contribution in [0.15, 0.2) is 48.5 Å². The molecule has 3 unspecified atom stereocenters. The van der Waals surface area contributed by atoms with Crippen molar-refractivity contribution < 1.29 is 13.6 Å². The van der Waals surface area contributed by atoms with Crippen molar-refractivity contribution in [1.29, 1.82) is 0 Å². The molecule has 0 N–H and O–H groups in total. The molecule has 0 aromatic heterocycles. The Bertz CT molecular complexity index is 806. The van der Waals surface area contributed by atoms with E-state index in [2.05, 4.69) is 4.90 Å². The Hall–Kier alpha value is -2.27. The lowest BCUT2D eigenvalue weighted by Crippen LogP contribution is -2.35. The number of nitrogens with zero attached hydrogens (tertiary/aromatic N) is 2.